The highest BCUT2D eigenvalue weighted by molar-refractivity contribution is 5.86. The number of carboxylic acids is 1. The molecule has 6 nitrogen and oxygen atoms in total. The van der Waals surface area contributed by atoms with E-state index in [1.807, 2.05) is 0 Å². The van der Waals surface area contributed by atoms with Crippen LogP contribution in [0.1, 0.15) is 12.0 Å². The van der Waals surface area contributed by atoms with Crippen molar-refractivity contribution in [2.24, 2.45) is 5.92 Å². The molecule has 102 valence electrons. The molecule has 1 aliphatic rings. The molecule has 0 radical (unpaired) electrons. The summed E-state index contributed by atoms with van der Waals surface area (Å²) in [6.07, 6.45) is 0.0462. The summed E-state index contributed by atoms with van der Waals surface area (Å²) in [4.78, 5) is 24.1. The molecule has 0 saturated carbocycles. The van der Waals surface area contributed by atoms with Gasteiger partial charge >= 0.3 is 5.97 Å². The fourth-order valence-corrected chi connectivity index (χ4v) is 2.13. The number of hydrogen-bond acceptors (Lipinski definition) is 4. The van der Waals surface area contributed by atoms with Gasteiger partial charge in [-0.1, -0.05) is 6.07 Å². The van der Waals surface area contributed by atoms with Gasteiger partial charge in [-0.25, -0.2) is 0 Å². The Balaban J connectivity index is 2.09. The van der Waals surface area contributed by atoms with Crippen molar-refractivity contribution in [1.82, 2.24) is 4.90 Å². The number of phenols is 1. The van der Waals surface area contributed by atoms with Crippen LogP contribution >= 0.6 is 0 Å². The fraction of sp³-hybridized carbons (Fsp3) is 0.385. The van der Waals surface area contributed by atoms with E-state index in [1.54, 1.807) is 12.1 Å². The number of benzene rings is 1. The zero-order valence-electron chi connectivity index (χ0n) is 10.5. The maximum atomic E-state index is 11.7. The van der Waals surface area contributed by atoms with Crippen LogP contribution in [-0.4, -0.2) is 40.6 Å². The number of rotatable bonds is 4. The van der Waals surface area contributed by atoms with Crippen LogP contribution in [0.5, 0.6) is 11.5 Å². The number of ether oxygens (including phenoxy) is 1. The van der Waals surface area contributed by atoms with E-state index < -0.39 is 11.9 Å². The van der Waals surface area contributed by atoms with Crippen molar-refractivity contribution < 1.29 is 24.5 Å². The van der Waals surface area contributed by atoms with E-state index >= 15 is 0 Å². The van der Waals surface area contributed by atoms with Crippen molar-refractivity contribution in [2.45, 2.75) is 13.0 Å². The Morgan fingerprint density at radius 3 is 2.84 bits per heavy atom. The Morgan fingerprint density at radius 1 is 1.53 bits per heavy atom. The third-order valence-electron chi connectivity index (χ3n) is 3.18. The molecular formula is C13H15NO5. The first-order chi connectivity index (χ1) is 9.01. The molecule has 0 unspecified atom stereocenters. The maximum Gasteiger partial charge on any atom is 0.308 e. The Morgan fingerprint density at radius 2 is 2.26 bits per heavy atom. The van der Waals surface area contributed by atoms with E-state index in [2.05, 4.69) is 0 Å². The minimum atomic E-state index is -0.945. The van der Waals surface area contributed by atoms with Crippen LogP contribution in [0.25, 0.3) is 0 Å². The topological polar surface area (TPSA) is 87.1 Å². The minimum Gasteiger partial charge on any atom is -0.504 e. The molecule has 1 aromatic carbocycles. The molecule has 0 bridgehead atoms. The summed E-state index contributed by atoms with van der Waals surface area (Å²) >= 11 is 0. The lowest BCUT2D eigenvalue weighted by molar-refractivity contribution is -0.141. The van der Waals surface area contributed by atoms with Gasteiger partial charge in [0.25, 0.3) is 0 Å². The zero-order chi connectivity index (χ0) is 14.0. The van der Waals surface area contributed by atoms with Gasteiger partial charge in [-0.3, -0.25) is 9.59 Å². The standard InChI is InChI=1S/C13H15NO5/c1-19-11-4-8(2-3-10(11)15)6-14-7-9(13(17)18)5-12(14)16/h2-4,9,15H,5-7H2,1H3,(H,17,18)/t9-/m1/s1. The van der Waals surface area contributed by atoms with Gasteiger partial charge in [0.05, 0.1) is 13.0 Å². The SMILES string of the molecule is COc1cc(CN2C[C@H](C(=O)O)CC2=O)ccc1O. The largest absolute Gasteiger partial charge is 0.504 e. The molecule has 1 atom stereocenters. The van der Waals surface area contributed by atoms with Crippen molar-refractivity contribution >= 4 is 11.9 Å². The normalized spacial score (nSPS) is 18.7. The maximum absolute atomic E-state index is 11.7. The van der Waals surface area contributed by atoms with Crippen LogP contribution < -0.4 is 4.74 Å². The Hall–Kier alpha value is -2.24. The average Bonchev–Trinajstić information content (AvgIpc) is 2.73. The summed E-state index contributed by atoms with van der Waals surface area (Å²) in [7, 11) is 1.44. The Kier molecular flexibility index (Phi) is 3.59. The first kappa shape index (κ1) is 13.2. The summed E-state index contributed by atoms with van der Waals surface area (Å²) in [5.41, 5.74) is 0.786. The third kappa shape index (κ3) is 2.78. The van der Waals surface area contributed by atoms with Crippen molar-refractivity contribution in [2.75, 3.05) is 13.7 Å². The molecule has 19 heavy (non-hydrogen) atoms. The first-order valence-corrected chi connectivity index (χ1v) is 5.87. The van der Waals surface area contributed by atoms with Crippen molar-refractivity contribution in [3.63, 3.8) is 0 Å². The van der Waals surface area contributed by atoms with Gasteiger partial charge in [0, 0.05) is 19.5 Å². The van der Waals surface area contributed by atoms with Crippen LogP contribution in [0.2, 0.25) is 0 Å². The molecule has 6 heteroatoms. The smallest absolute Gasteiger partial charge is 0.308 e. The lowest BCUT2D eigenvalue weighted by Crippen LogP contribution is -2.25. The monoisotopic (exact) mass is 265 g/mol. The van der Waals surface area contributed by atoms with Gasteiger partial charge in [-0.15, -0.1) is 0 Å². The Bertz CT molecular complexity index is 514. The molecule has 0 aliphatic carbocycles. The number of aliphatic carboxylic acids is 1. The van der Waals surface area contributed by atoms with Crippen LogP contribution in [0, 0.1) is 5.92 Å². The van der Waals surface area contributed by atoms with Crippen molar-refractivity contribution in [1.29, 1.82) is 0 Å². The van der Waals surface area contributed by atoms with Gasteiger partial charge in [0.2, 0.25) is 5.91 Å². The number of carboxylic acid groups (broad SMARTS) is 1. The van der Waals surface area contributed by atoms with Gasteiger partial charge in [0.1, 0.15) is 0 Å². The molecule has 1 aromatic rings. The minimum absolute atomic E-state index is 0.0300. The van der Waals surface area contributed by atoms with Crippen LogP contribution in [0.15, 0.2) is 18.2 Å². The second kappa shape index (κ2) is 5.17. The van der Waals surface area contributed by atoms with Gasteiger partial charge < -0.3 is 19.8 Å². The number of carbonyl (C=O) groups is 2. The summed E-state index contributed by atoms with van der Waals surface area (Å²) in [5.74, 6) is -1.38. The molecular weight excluding hydrogens is 250 g/mol. The van der Waals surface area contributed by atoms with E-state index in [4.69, 9.17) is 9.84 Å². The number of carbonyl (C=O) groups excluding carboxylic acids is 1. The molecule has 1 saturated heterocycles. The molecule has 1 amide bonds. The summed E-state index contributed by atoms with van der Waals surface area (Å²) < 4.78 is 4.99. The molecule has 0 aromatic heterocycles. The number of aromatic hydroxyl groups is 1. The molecule has 2 N–H and O–H groups in total. The average molecular weight is 265 g/mol. The predicted octanol–water partition coefficient (Wildman–Crippen LogP) is 0.834. The number of methoxy groups -OCH3 is 1. The van der Waals surface area contributed by atoms with Gasteiger partial charge in [-0.2, -0.15) is 0 Å². The van der Waals surface area contributed by atoms with E-state index in [0.717, 1.165) is 5.56 Å². The van der Waals surface area contributed by atoms with Crippen LogP contribution in [0.3, 0.4) is 0 Å². The number of nitrogens with zero attached hydrogens (tertiary/aromatic N) is 1. The quantitative estimate of drug-likeness (QED) is 0.842. The van der Waals surface area contributed by atoms with E-state index in [0.29, 0.717) is 12.3 Å². The lowest BCUT2D eigenvalue weighted by atomic mass is 10.1. The molecule has 1 aliphatic heterocycles. The van der Waals surface area contributed by atoms with E-state index in [9.17, 15) is 14.7 Å². The highest BCUT2D eigenvalue weighted by Crippen LogP contribution is 2.28. The fourth-order valence-electron chi connectivity index (χ4n) is 2.13. The second-order valence-corrected chi connectivity index (χ2v) is 4.52. The summed E-state index contributed by atoms with van der Waals surface area (Å²) in [6.45, 7) is 0.538. The number of phenolic OH excluding ortho intramolecular Hbond substituents is 1. The third-order valence-corrected chi connectivity index (χ3v) is 3.18. The molecule has 1 heterocycles. The van der Waals surface area contributed by atoms with Gasteiger partial charge in [-0.05, 0) is 17.7 Å². The van der Waals surface area contributed by atoms with Crippen molar-refractivity contribution in [3.05, 3.63) is 23.8 Å². The molecule has 0 spiro atoms. The van der Waals surface area contributed by atoms with Crippen LogP contribution in [-0.2, 0) is 16.1 Å². The van der Waals surface area contributed by atoms with Crippen LogP contribution in [0.4, 0.5) is 0 Å². The highest BCUT2D eigenvalue weighted by atomic mass is 16.5. The summed E-state index contributed by atoms with van der Waals surface area (Å²) in [6, 6.07) is 4.80. The first-order valence-electron chi connectivity index (χ1n) is 5.87. The lowest BCUT2D eigenvalue weighted by Gasteiger charge is -2.16. The zero-order valence-corrected chi connectivity index (χ0v) is 10.5. The number of likely N-dealkylation sites (tertiary alicyclic amines) is 1. The Labute approximate surface area is 110 Å². The molecule has 1 fully saturated rings. The van der Waals surface area contributed by atoms with Crippen molar-refractivity contribution in [3.8, 4) is 11.5 Å². The van der Waals surface area contributed by atoms with E-state index in [-0.39, 0.29) is 24.6 Å². The second-order valence-electron chi connectivity index (χ2n) is 4.52. The van der Waals surface area contributed by atoms with Gasteiger partial charge in [0.15, 0.2) is 11.5 Å². The van der Waals surface area contributed by atoms with E-state index in [1.165, 1.54) is 18.1 Å². The highest BCUT2D eigenvalue weighted by Gasteiger charge is 2.34. The number of amides is 1. The number of hydrogen-bond donors (Lipinski definition) is 2. The molecule has 2 rings (SSSR count). The predicted molar refractivity (Wildman–Crippen MR) is 65.8 cm³/mol. The summed E-state index contributed by atoms with van der Waals surface area (Å²) in [5, 5.41) is 18.4.